The molecular formula is C10H10ClN3O2. The molecule has 0 amide bonds. The van der Waals surface area contributed by atoms with Crippen LogP contribution < -0.4 is 5.48 Å². The molecule has 1 heterocycles. The van der Waals surface area contributed by atoms with Crippen LogP contribution in [0, 0.1) is 0 Å². The van der Waals surface area contributed by atoms with Crippen molar-refractivity contribution in [3.05, 3.63) is 29.3 Å². The van der Waals surface area contributed by atoms with Gasteiger partial charge in [-0.1, -0.05) is 17.7 Å². The summed E-state index contributed by atoms with van der Waals surface area (Å²) in [6.07, 6.45) is 0. The van der Waals surface area contributed by atoms with Crippen LogP contribution in [-0.2, 0) is 9.63 Å². The Morgan fingerprint density at radius 3 is 2.94 bits per heavy atom. The Morgan fingerprint density at radius 2 is 2.31 bits per heavy atom. The first-order chi connectivity index (χ1) is 7.66. The fraction of sp³-hybridized carbons (Fsp3) is 0.300. The summed E-state index contributed by atoms with van der Waals surface area (Å²) < 4.78 is 0. The minimum Gasteiger partial charge on any atom is -0.368 e. The number of hydrogen-bond acceptors (Lipinski definition) is 5. The minimum atomic E-state index is -0.598. The predicted molar refractivity (Wildman–Crippen MR) is 58.4 cm³/mol. The highest BCUT2D eigenvalue weighted by molar-refractivity contribution is 6.30. The summed E-state index contributed by atoms with van der Waals surface area (Å²) in [6, 6.07) is 6.17. The molecule has 0 unspecified atom stereocenters. The number of hydrogen-bond donors (Lipinski definition) is 1. The molecule has 1 aliphatic rings. The molecule has 0 aromatic heterocycles. The highest BCUT2D eigenvalue weighted by Gasteiger charge is 2.34. The number of halogens is 1. The zero-order chi connectivity index (χ0) is 11.5. The van der Waals surface area contributed by atoms with E-state index >= 15 is 0 Å². The Labute approximate surface area is 97.4 Å². The third-order valence-corrected chi connectivity index (χ3v) is 2.40. The van der Waals surface area contributed by atoms with Gasteiger partial charge in [-0.3, -0.25) is 0 Å². The van der Waals surface area contributed by atoms with Gasteiger partial charge >= 0.3 is 5.97 Å². The Balaban J connectivity index is 2.12. The van der Waals surface area contributed by atoms with E-state index in [0.717, 1.165) is 0 Å². The maximum absolute atomic E-state index is 11.2. The van der Waals surface area contributed by atoms with Gasteiger partial charge < -0.3 is 4.84 Å². The van der Waals surface area contributed by atoms with Gasteiger partial charge in [0.15, 0.2) is 6.04 Å². The van der Waals surface area contributed by atoms with E-state index in [2.05, 4.69) is 20.5 Å². The van der Waals surface area contributed by atoms with E-state index in [-0.39, 0.29) is 6.04 Å². The van der Waals surface area contributed by atoms with Crippen molar-refractivity contribution < 1.29 is 9.63 Å². The lowest BCUT2D eigenvalue weighted by atomic mass is 10.2. The molecule has 2 rings (SSSR count). The largest absolute Gasteiger partial charge is 0.368 e. The topological polar surface area (TPSA) is 63.0 Å². The van der Waals surface area contributed by atoms with Crippen LogP contribution in [0.5, 0.6) is 0 Å². The summed E-state index contributed by atoms with van der Waals surface area (Å²) in [5, 5.41) is 8.46. The van der Waals surface area contributed by atoms with Crippen LogP contribution in [0.2, 0.25) is 5.02 Å². The summed E-state index contributed by atoms with van der Waals surface area (Å²) >= 11 is 5.79. The zero-order valence-corrected chi connectivity index (χ0v) is 9.31. The van der Waals surface area contributed by atoms with Gasteiger partial charge in [0.25, 0.3) is 0 Å². The van der Waals surface area contributed by atoms with Crippen molar-refractivity contribution in [3.8, 4) is 0 Å². The summed E-state index contributed by atoms with van der Waals surface area (Å²) in [4.78, 5) is 15.8. The van der Waals surface area contributed by atoms with E-state index in [4.69, 9.17) is 11.6 Å². The van der Waals surface area contributed by atoms with E-state index in [1.807, 2.05) is 0 Å². The molecule has 1 saturated heterocycles. The number of hydroxylamine groups is 1. The lowest BCUT2D eigenvalue weighted by molar-refractivity contribution is -0.143. The molecule has 5 nitrogen and oxygen atoms in total. The maximum atomic E-state index is 11.2. The first-order valence-electron chi connectivity index (χ1n) is 4.79. The molecule has 1 aromatic carbocycles. The molecule has 0 spiro atoms. The molecule has 84 valence electrons. The van der Waals surface area contributed by atoms with Gasteiger partial charge in [0, 0.05) is 5.02 Å². The van der Waals surface area contributed by atoms with Crippen LogP contribution >= 0.6 is 11.6 Å². The molecule has 6 heteroatoms. The Hall–Kier alpha value is -1.46. The highest BCUT2D eigenvalue weighted by Crippen LogP contribution is 2.19. The normalized spacial score (nSPS) is 25.0. The minimum absolute atomic E-state index is 0.171. The SMILES string of the molecule is C[C@H]1NOC(=O)[C@H]1N=Nc1cccc(Cl)c1. The van der Waals surface area contributed by atoms with Gasteiger partial charge in [0.2, 0.25) is 0 Å². The van der Waals surface area contributed by atoms with Crippen LogP contribution in [-0.4, -0.2) is 18.1 Å². The van der Waals surface area contributed by atoms with Crippen LogP contribution in [0.25, 0.3) is 0 Å². The molecule has 2 atom stereocenters. The number of nitrogens with zero attached hydrogens (tertiary/aromatic N) is 2. The summed E-state index contributed by atoms with van der Waals surface area (Å²) in [6.45, 7) is 1.80. The van der Waals surface area contributed by atoms with Crippen molar-refractivity contribution in [3.63, 3.8) is 0 Å². The number of carbonyl (C=O) groups excluding carboxylic acids is 1. The number of azo groups is 1. The number of benzene rings is 1. The fourth-order valence-electron chi connectivity index (χ4n) is 1.29. The van der Waals surface area contributed by atoms with Crippen LogP contribution in [0.15, 0.2) is 34.5 Å². The average Bonchev–Trinajstić information content (AvgIpc) is 2.56. The molecule has 0 aliphatic carbocycles. The second-order valence-electron chi connectivity index (χ2n) is 3.47. The van der Waals surface area contributed by atoms with Gasteiger partial charge in [-0.15, -0.1) is 5.48 Å². The molecule has 1 aliphatic heterocycles. The van der Waals surface area contributed by atoms with Gasteiger partial charge in [0.05, 0.1) is 11.7 Å². The number of nitrogens with one attached hydrogen (secondary N) is 1. The van der Waals surface area contributed by atoms with Crippen LogP contribution in [0.3, 0.4) is 0 Å². The third-order valence-electron chi connectivity index (χ3n) is 2.17. The average molecular weight is 240 g/mol. The molecular weight excluding hydrogens is 230 g/mol. The smallest absolute Gasteiger partial charge is 0.353 e. The standard InChI is InChI=1S/C10H10ClN3O2/c1-6-9(10(15)16-14-6)13-12-8-4-2-3-7(11)5-8/h2-6,9,14H,1H3/t6-,9+/m1/s1. The summed E-state index contributed by atoms with van der Waals surface area (Å²) in [5.41, 5.74) is 3.15. The second-order valence-corrected chi connectivity index (χ2v) is 3.90. The number of rotatable bonds is 2. The maximum Gasteiger partial charge on any atom is 0.353 e. The van der Waals surface area contributed by atoms with Crippen LogP contribution in [0.4, 0.5) is 5.69 Å². The molecule has 1 fully saturated rings. The molecule has 16 heavy (non-hydrogen) atoms. The summed E-state index contributed by atoms with van der Waals surface area (Å²) in [5.74, 6) is -0.418. The second kappa shape index (κ2) is 4.59. The Morgan fingerprint density at radius 1 is 1.50 bits per heavy atom. The highest BCUT2D eigenvalue weighted by atomic mass is 35.5. The van der Waals surface area contributed by atoms with E-state index in [0.29, 0.717) is 10.7 Å². The molecule has 1 aromatic rings. The van der Waals surface area contributed by atoms with Crippen molar-refractivity contribution in [2.24, 2.45) is 10.2 Å². The Bertz CT molecular complexity index is 436. The quantitative estimate of drug-likeness (QED) is 0.805. The summed E-state index contributed by atoms with van der Waals surface area (Å²) in [7, 11) is 0. The zero-order valence-electron chi connectivity index (χ0n) is 8.55. The monoisotopic (exact) mass is 239 g/mol. The van der Waals surface area contributed by atoms with E-state index < -0.39 is 12.0 Å². The van der Waals surface area contributed by atoms with Gasteiger partial charge in [-0.05, 0) is 25.1 Å². The van der Waals surface area contributed by atoms with Crippen molar-refractivity contribution in [1.82, 2.24) is 5.48 Å². The first kappa shape index (κ1) is 11.0. The van der Waals surface area contributed by atoms with Crippen molar-refractivity contribution >= 4 is 23.3 Å². The predicted octanol–water partition coefficient (Wildman–Crippen LogP) is 2.24. The Kier molecular flexibility index (Phi) is 3.17. The van der Waals surface area contributed by atoms with E-state index in [1.165, 1.54) is 0 Å². The van der Waals surface area contributed by atoms with Gasteiger partial charge in [-0.25, -0.2) is 4.79 Å². The van der Waals surface area contributed by atoms with Gasteiger partial charge in [0.1, 0.15) is 0 Å². The van der Waals surface area contributed by atoms with Gasteiger partial charge in [-0.2, -0.15) is 10.2 Å². The third kappa shape index (κ3) is 2.37. The van der Waals surface area contributed by atoms with Crippen molar-refractivity contribution in [1.29, 1.82) is 0 Å². The lowest BCUT2D eigenvalue weighted by Crippen LogP contribution is -2.26. The number of carbonyl (C=O) groups is 1. The molecule has 0 bridgehead atoms. The fourth-order valence-corrected chi connectivity index (χ4v) is 1.48. The molecule has 0 saturated carbocycles. The van der Waals surface area contributed by atoms with Crippen molar-refractivity contribution in [2.45, 2.75) is 19.0 Å². The first-order valence-corrected chi connectivity index (χ1v) is 5.17. The van der Waals surface area contributed by atoms with Crippen molar-refractivity contribution in [2.75, 3.05) is 0 Å². The molecule has 1 N–H and O–H groups in total. The van der Waals surface area contributed by atoms with E-state index in [1.54, 1.807) is 31.2 Å². The molecule has 0 radical (unpaired) electrons. The lowest BCUT2D eigenvalue weighted by Gasteiger charge is -2.01. The van der Waals surface area contributed by atoms with Crippen LogP contribution in [0.1, 0.15) is 6.92 Å². The van der Waals surface area contributed by atoms with E-state index in [9.17, 15) is 4.79 Å².